The Balaban J connectivity index is 2.18. The Kier molecular flexibility index (Phi) is 4.50. The fraction of sp³-hybridized carbons (Fsp3) is 0.154. The van der Waals surface area contributed by atoms with Crippen LogP contribution in [0.4, 0.5) is 8.78 Å². The van der Waals surface area contributed by atoms with Crippen molar-refractivity contribution >= 4 is 28.7 Å². The maximum absolute atomic E-state index is 12.2. The first-order valence-corrected chi connectivity index (χ1v) is 6.57. The minimum absolute atomic E-state index is 0.106. The Morgan fingerprint density at radius 1 is 1.26 bits per heavy atom. The van der Waals surface area contributed by atoms with Gasteiger partial charge in [-0.1, -0.05) is 23.7 Å². The first-order valence-electron chi connectivity index (χ1n) is 5.37. The highest BCUT2D eigenvalue weighted by atomic mass is 35.5. The minimum Gasteiger partial charge on any atom is -0.434 e. The van der Waals surface area contributed by atoms with Crippen LogP contribution in [0.2, 0.25) is 4.34 Å². The fourth-order valence-corrected chi connectivity index (χ4v) is 2.68. The number of para-hydroxylation sites is 1. The molecular formula is C13H9ClF2O2S. The monoisotopic (exact) mass is 302 g/mol. The molecule has 19 heavy (non-hydrogen) atoms. The van der Waals surface area contributed by atoms with Gasteiger partial charge in [0.05, 0.1) is 9.90 Å². The lowest BCUT2D eigenvalue weighted by Crippen LogP contribution is -2.09. The van der Waals surface area contributed by atoms with Gasteiger partial charge < -0.3 is 4.74 Å². The SMILES string of the molecule is O=C(Cc1ccc(Cl)s1)c1ccccc1OC(F)F. The molecule has 1 aromatic heterocycles. The average Bonchev–Trinajstić information content (AvgIpc) is 2.74. The van der Waals surface area contributed by atoms with Crippen LogP contribution in [0.15, 0.2) is 36.4 Å². The Hall–Kier alpha value is -1.46. The number of alkyl halides is 2. The number of rotatable bonds is 5. The molecule has 0 saturated heterocycles. The second kappa shape index (κ2) is 6.12. The number of ketones is 1. The Bertz CT molecular complexity index is 584. The quantitative estimate of drug-likeness (QED) is 0.764. The molecule has 6 heteroatoms. The van der Waals surface area contributed by atoms with Gasteiger partial charge in [-0.05, 0) is 24.3 Å². The summed E-state index contributed by atoms with van der Waals surface area (Å²) in [7, 11) is 0. The van der Waals surface area contributed by atoms with Gasteiger partial charge in [-0.25, -0.2) is 0 Å². The zero-order valence-corrected chi connectivity index (χ0v) is 11.2. The molecule has 2 aromatic rings. The topological polar surface area (TPSA) is 26.3 Å². The summed E-state index contributed by atoms with van der Waals surface area (Å²) in [4.78, 5) is 12.8. The van der Waals surface area contributed by atoms with E-state index in [0.29, 0.717) is 4.34 Å². The number of ether oxygens (including phenoxy) is 1. The molecule has 2 rings (SSSR count). The molecule has 0 N–H and O–H groups in total. The maximum Gasteiger partial charge on any atom is 0.387 e. The summed E-state index contributed by atoms with van der Waals surface area (Å²) in [6.07, 6.45) is 0.112. The summed E-state index contributed by atoms with van der Waals surface area (Å²) in [6, 6.07) is 9.39. The van der Waals surface area contributed by atoms with E-state index in [9.17, 15) is 13.6 Å². The molecule has 0 aliphatic rings. The summed E-state index contributed by atoms with van der Waals surface area (Å²) in [5.41, 5.74) is 0.146. The smallest absolute Gasteiger partial charge is 0.387 e. The summed E-state index contributed by atoms with van der Waals surface area (Å²) in [5, 5.41) is 0. The van der Waals surface area contributed by atoms with Crippen molar-refractivity contribution in [2.24, 2.45) is 0 Å². The van der Waals surface area contributed by atoms with Gasteiger partial charge in [0.25, 0.3) is 0 Å². The van der Waals surface area contributed by atoms with Crippen LogP contribution in [0.25, 0.3) is 0 Å². The van der Waals surface area contributed by atoms with Crippen LogP contribution in [0.1, 0.15) is 15.2 Å². The number of thiophene rings is 1. The zero-order valence-electron chi connectivity index (χ0n) is 9.61. The van der Waals surface area contributed by atoms with E-state index in [0.717, 1.165) is 4.88 Å². The van der Waals surface area contributed by atoms with Crippen LogP contribution in [0.3, 0.4) is 0 Å². The Morgan fingerprint density at radius 3 is 2.63 bits per heavy atom. The summed E-state index contributed by atoms with van der Waals surface area (Å²) in [5.74, 6) is -0.389. The number of halogens is 3. The van der Waals surface area contributed by atoms with Crippen LogP contribution in [-0.4, -0.2) is 12.4 Å². The van der Waals surface area contributed by atoms with Gasteiger partial charge in [0, 0.05) is 11.3 Å². The van der Waals surface area contributed by atoms with Crippen molar-refractivity contribution in [2.45, 2.75) is 13.0 Å². The van der Waals surface area contributed by atoms with Gasteiger partial charge >= 0.3 is 6.61 Å². The number of Topliss-reactive ketones (excluding diaryl/α,β-unsaturated/α-hetero) is 1. The predicted molar refractivity (Wildman–Crippen MR) is 70.4 cm³/mol. The van der Waals surface area contributed by atoms with Crippen LogP contribution < -0.4 is 4.74 Å². The van der Waals surface area contributed by atoms with Gasteiger partial charge in [0.2, 0.25) is 0 Å². The molecule has 0 aliphatic heterocycles. The van der Waals surface area contributed by atoms with E-state index in [4.69, 9.17) is 11.6 Å². The highest BCUT2D eigenvalue weighted by molar-refractivity contribution is 7.16. The lowest BCUT2D eigenvalue weighted by molar-refractivity contribution is -0.0501. The molecule has 0 radical (unpaired) electrons. The highest BCUT2D eigenvalue weighted by Gasteiger charge is 2.16. The third kappa shape index (κ3) is 3.75. The molecular weight excluding hydrogens is 294 g/mol. The summed E-state index contributed by atoms with van der Waals surface area (Å²) < 4.78 is 29.4. The Labute approximate surface area is 117 Å². The van der Waals surface area contributed by atoms with E-state index in [1.54, 1.807) is 18.2 Å². The number of hydrogen-bond acceptors (Lipinski definition) is 3. The molecule has 2 nitrogen and oxygen atoms in total. The molecule has 0 atom stereocenters. The molecule has 0 saturated carbocycles. The van der Waals surface area contributed by atoms with E-state index < -0.39 is 6.61 Å². The number of benzene rings is 1. The van der Waals surface area contributed by atoms with E-state index in [1.165, 1.54) is 29.5 Å². The van der Waals surface area contributed by atoms with Crippen molar-refractivity contribution in [3.8, 4) is 5.75 Å². The number of carbonyl (C=O) groups is 1. The fourth-order valence-electron chi connectivity index (χ4n) is 1.60. The van der Waals surface area contributed by atoms with Gasteiger partial charge in [0.15, 0.2) is 5.78 Å². The first-order chi connectivity index (χ1) is 9.06. The molecule has 0 bridgehead atoms. The molecule has 100 valence electrons. The number of hydrogen-bond donors (Lipinski definition) is 0. The zero-order chi connectivity index (χ0) is 13.8. The second-order valence-corrected chi connectivity index (χ2v) is 5.48. The predicted octanol–water partition coefficient (Wildman–Crippen LogP) is 4.43. The Morgan fingerprint density at radius 2 is 2.00 bits per heavy atom. The van der Waals surface area contributed by atoms with Crippen molar-refractivity contribution in [1.82, 2.24) is 0 Å². The molecule has 1 heterocycles. The van der Waals surface area contributed by atoms with Gasteiger partial charge in [-0.2, -0.15) is 8.78 Å². The van der Waals surface area contributed by atoms with Crippen LogP contribution in [0, 0.1) is 0 Å². The van der Waals surface area contributed by atoms with Crippen molar-refractivity contribution < 1.29 is 18.3 Å². The van der Waals surface area contributed by atoms with Gasteiger partial charge in [0.1, 0.15) is 5.75 Å². The van der Waals surface area contributed by atoms with Crippen LogP contribution in [0.5, 0.6) is 5.75 Å². The third-order valence-electron chi connectivity index (χ3n) is 2.37. The third-order valence-corrected chi connectivity index (χ3v) is 3.60. The highest BCUT2D eigenvalue weighted by Crippen LogP contribution is 2.26. The largest absolute Gasteiger partial charge is 0.434 e. The van der Waals surface area contributed by atoms with Crippen molar-refractivity contribution in [1.29, 1.82) is 0 Å². The molecule has 1 aromatic carbocycles. The van der Waals surface area contributed by atoms with Crippen LogP contribution in [-0.2, 0) is 6.42 Å². The van der Waals surface area contributed by atoms with E-state index in [2.05, 4.69) is 4.74 Å². The standard InChI is InChI=1S/C13H9ClF2O2S/c14-12-6-5-8(19-12)7-10(17)9-3-1-2-4-11(9)18-13(15)16/h1-6,13H,7H2. The summed E-state index contributed by atoms with van der Waals surface area (Å²) >= 11 is 7.06. The van der Waals surface area contributed by atoms with E-state index >= 15 is 0 Å². The van der Waals surface area contributed by atoms with Crippen molar-refractivity contribution in [2.75, 3.05) is 0 Å². The maximum atomic E-state index is 12.2. The normalized spacial score (nSPS) is 10.7. The lowest BCUT2D eigenvalue weighted by Gasteiger charge is -2.09. The van der Waals surface area contributed by atoms with Gasteiger partial charge in [-0.15, -0.1) is 11.3 Å². The second-order valence-electron chi connectivity index (χ2n) is 3.68. The molecule has 0 fully saturated rings. The average molecular weight is 303 g/mol. The molecule has 0 unspecified atom stereocenters. The molecule has 0 aliphatic carbocycles. The van der Waals surface area contributed by atoms with Crippen molar-refractivity contribution in [3.05, 3.63) is 51.2 Å². The molecule has 0 amide bonds. The van der Waals surface area contributed by atoms with E-state index in [1.807, 2.05) is 0 Å². The number of carbonyl (C=O) groups excluding carboxylic acids is 1. The van der Waals surface area contributed by atoms with Gasteiger partial charge in [-0.3, -0.25) is 4.79 Å². The first kappa shape index (κ1) is 14.0. The minimum atomic E-state index is -2.95. The van der Waals surface area contributed by atoms with Crippen molar-refractivity contribution in [3.63, 3.8) is 0 Å². The molecule has 0 spiro atoms. The lowest BCUT2D eigenvalue weighted by atomic mass is 10.1. The van der Waals surface area contributed by atoms with E-state index in [-0.39, 0.29) is 23.5 Å². The van der Waals surface area contributed by atoms with Crippen LogP contribution >= 0.6 is 22.9 Å². The summed E-state index contributed by atoms with van der Waals surface area (Å²) in [6.45, 7) is -2.95.